The second-order valence-corrected chi connectivity index (χ2v) is 4.07. The Kier molecular flexibility index (Phi) is 5.32. The van der Waals surface area contributed by atoms with E-state index in [4.69, 9.17) is 0 Å². The number of rotatable bonds is 7. The maximum Gasteiger partial charge on any atom is 0.121 e. The van der Waals surface area contributed by atoms with Crippen molar-refractivity contribution in [1.29, 1.82) is 0 Å². The van der Waals surface area contributed by atoms with Crippen LogP contribution in [0.5, 0.6) is 0 Å². The van der Waals surface area contributed by atoms with Gasteiger partial charge in [-0.05, 0) is 20.3 Å². The second-order valence-electron chi connectivity index (χ2n) is 4.07. The Balaban J connectivity index is 2.16. The molecule has 0 aliphatic heterocycles. The highest BCUT2D eigenvalue weighted by Crippen LogP contribution is 2.05. The van der Waals surface area contributed by atoms with Crippen molar-refractivity contribution in [3.05, 3.63) is 11.4 Å². The van der Waals surface area contributed by atoms with Gasteiger partial charge in [-0.2, -0.15) is 0 Å². The third kappa shape index (κ3) is 4.42. The highest BCUT2D eigenvalue weighted by Gasteiger charge is 2.06. The van der Waals surface area contributed by atoms with E-state index in [0.29, 0.717) is 6.04 Å². The summed E-state index contributed by atoms with van der Waals surface area (Å²) in [7, 11) is 0. The van der Waals surface area contributed by atoms with E-state index < -0.39 is 0 Å². The minimum Gasteiger partial charge on any atom is -0.308 e. The first-order chi connectivity index (χ1) is 7.24. The minimum absolute atomic E-state index is 0.535. The maximum atomic E-state index is 4.64. The Morgan fingerprint density at radius 3 is 2.73 bits per heavy atom. The molecular weight excluding hydrogens is 190 g/mol. The Morgan fingerprint density at radius 2 is 2.13 bits per heavy atom. The topological polar surface area (TPSA) is 51.0 Å². The molecule has 1 aromatic rings. The molecule has 0 saturated heterocycles. The van der Waals surface area contributed by atoms with Crippen LogP contribution in [0.2, 0.25) is 0 Å². The molecule has 1 atom stereocenters. The highest BCUT2D eigenvalue weighted by atomic mass is 16.6. The molecule has 0 fully saturated rings. The summed E-state index contributed by atoms with van der Waals surface area (Å²) in [6.07, 6.45) is 5.11. The monoisotopic (exact) mass is 211 g/mol. The van der Waals surface area contributed by atoms with Gasteiger partial charge in [-0.3, -0.25) is 0 Å². The molecule has 0 saturated carbocycles. The summed E-state index contributed by atoms with van der Waals surface area (Å²) in [5.74, 6) is 0. The van der Waals surface area contributed by atoms with Crippen molar-refractivity contribution in [2.24, 2.45) is 0 Å². The highest BCUT2D eigenvalue weighted by molar-refractivity contribution is 5.03. The number of aryl methyl sites for hydroxylation is 1. The van der Waals surface area contributed by atoms with Gasteiger partial charge in [0.1, 0.15) is 11.4 Å². The first kappa shape index (κ1) is 12.2. The van der Waals surface area contributed by atoms with Crippen LogP contribution in [0.25, 0.3) is 0 Å². The van der Waals surface area contributed by atoms with Crippen molar-refractivity contribution >= 4 is 0 Å². The van der Waals surface area contributed by atoms with Gasteiger partial charge in [-0.25, -0.2) is 4.63 Å². The zero-order chi connectivity index (χ0) is 11.1. The first-order valence-corrected chi connectivity index (χ1v) is 5.75. The average Bonchev–Trinajstić information content (AvgIpc) is 2.61. The van der Waals surface area contributed by atoms with Crippen LogP contribution in [-0.2, 0) is 6.54 Å². The molecule has 15 heavy (non-hydrogen) atoms. The Bertz CT molecular complexity index is 273. The summed E-state index contributed by atoms with van der Waals surface area (Å²) in [5.41, 5.74) is 1.79. The van der Waals surface area contributed by atoms with Crippen molar-refractivity contribution in [2.45, 2.75) is 59.0 Å². The van der Waals surface area contributed by atoms with Crippen LogP contribution in [0.15, 0.2) is 4.63 Å². The van der Waals surface area contributed by atoms with Crippen molar-refractivity contribution in [3.63, 3.8) is 0 Å². The molecule has 0 aromatic carbocycles. The third-order valence-corrected chi connectivity index (χ3v) is 2.61. The van der Waals surface area contributed by atoms with Gasteiger partial charge in [0.2, 0.25) is 0 Å². The molecule has 4 nitrogen and oxygen atoms in total. The van der Waals surface area contributed by atoms with Gasteiger partial charge in [0, 0.05) is 12.6 Å². The predicted molar refractivity (Wildman–Crippen MR) is 59.5 cm³/mol. The Morgan fingerprint density at radius 1 is 1.33 bits per heavy atom. The molecule has 0 amide bonds. The van der Waals surface area contributed by atoms with Gasteiger partial charge in [-0.15, -0.1) is 0 Å². The zero-order valence-corrected chi connectivity index (χ0v) is 9.92. The van der Waals surface area contributed by atoms with Gasteiger partial charge in [-0.1, -0.05) is 36.5 Å². The SMILES string of the molecule is CCCCCC(C)NCc1nonc1C. The van der Waals surface area contributed by atoms with Crippen LogP contribution in [0.1, 0.15) is 50.9 Å². The number of nitrogens with zero attached hydrogens (tertiary/aromatic N) is 2. The van der Waals surface area contributed by atoms with E-state index in [-0.39, 0.29) is 0 Å². The number of aromatic nitrogens is 2. The van der Waals surface area contributed by atoms with Crippen LogP contribution in [0.4, 0.5) is 0 Å². The minimum atomic E-state index is 0.535. The summed E-state index contributed by atoms with van der Waals surface area (Å²) in [6, 6.07) is 0.535. The molecule has 0 radical (unpaired) electrons. The molecule has 0 aliphatic carbocycles. The lowest BCUT2D eigenvalue weighted by atomic mass is 10.1. The second kappa shape index (κ2) is 6.56. The number of nitrogens with one attached hydrogen (secondary N) is 1. The Labute approximate surface area is 91.4 Å². The summed E-state index contributed by atoms with van der Waals surface area (Å²) >= 11 is 0. The lowest BCUT2D eigenvalue weighted by Crippen LogP contribution is -2.25. The molecular formula is C11H21N3O. The van der Waals surface area contributed by atoms with E-state index in [1.807, 2.05) is 6.92 Å². The van der Waals surface area contributed by atoms with Crippen molar-refractivity contribution in [2.75, 3.05) is 0 Å². The van der Waals surface area contributed by atoms with Gasteiger partial charge in [0.25, 0.3) is 0 Å². The molecule has 4 heteroatoms. The molecule has 86 valence electrons. The van der Waals surface area contributed by atoms with Crippen molar-refractivity contribution < 1.29 is 4.63 Å². The van der Waals surface area contributed by atoms with Gasteiger partial charge < -0.3 is 5.32 Å². The van der Waals surface area contributed by atoms with Crippen LogP contribution >= 0.6 is 0 Å². The van der Waals surface area contributed by atoms with Crippen LogP contribution in [0, 0.1) is 6.92 Å². The average molecular weight is 211 g/mol. The van der Waals surface area contributed by atoms with E-state index in [2.05, 4.69) is 34.1 Å². The zero-order valence-electron chi connectivity index (χ0n) is 9.92. The largest absolute Gasteiger partial charge is 0.308 e. The van der Waals surface area contributed by atoms with Gasteiger partial charge in [0.15, 0.2) is 0 Å². The first-order valence-electron chi connectivity index (χ1n) is 5.75. The van der Waals surface area contributed by atoms with E-state index in [1.165, 1.54) is 25.7 Å². The molecule has 1 rings (SSSR count). The van der Waals surface area contributed by atoms with Gasteiger partial charge >= 0.3 is 0 Å². The van der Waals surface area contributed by atoms with Crippen LogP contribution in [0.3, 0.4) is 0 Å². The van der Waals surface area contributed by atoms with E-state index in [9.17, 15) is 0 Å². The van der Waals surface area contributed by atoms with E-state index >= 15 is 0 Å². The maximum absolute atomic E-state index is 4.64. The van der Waals surface area contributed by atoms with Crippen LogP contribution < -0.4 is 5.32 Å². The van der Waals surface area contributed by atoms with Crippen molar-refractivity contribution in [3.8, 4) is 0 Å². The molecule has 0 bridgehead atoms. The lowest BCUT2D eigenvalue weighted by Gasteiger charge is -2.11. The number of unbranched alkanes of at least 4 members (excludes halogenated alkanes) is 2. The summed E-state index contributed by atoms with van der Waals surface area (Å²) in [4.78, 5) is 0. The molecule has 0 aliphatic rings. The smallest absolute Gasteiger partial charge is 0.121 e. The fourth-order valence-corrected chi connectivity index (χ4v) is 1.48. The summed E-state index contributed by atoms with van der Waals surface area (Å²) in [5, 5.41) is 11.0. The summed E-state index contributed by atoms with van der Waals surface area (Å²) in [6.45, 7) is 7.10. The summed E-state index contributed by atoms with van der Waals surface area (Å²) < 4.78 is 4.64. The standard InChI is InChI=1S/C11H21N3O/c1-4-5-6-7-9(2)12-8-11-10(3)13-15-14-11/h9,12H,4-8H2,1-3H3. The molecule has 1 unspecified atom stereocenters. The number of hydrogen-bond donors (Lipinski definition) is 1. The lowest BCUT2D eigenvalue weighted by molar-refractivity contribution is 0.299. The third-order valence-electron chi connectivity index (χ3n) is 2.61. The molecule has 1 aromatic heterocycles. The van der Waals surface area contributed by atoms with E-state index in [0.717, 1.165) is 17.9 Å². The quantitative estimate of drug-likeness (QED) is 0.704. The fraction of sp³-hybridized carbons (Fsp3) is 0.818. The molecule has 1 heterocycles. The van der Waals surface area contributed by atoms with Crippen LogP contribution in [-0.4, -0.2) is 16.4 Å². The molecule has 1 N–H and O–H groups in total. The van der Waals surface area contributed by atoms with Gasteiger partial charge in [0.05, 0.1) is 0 Å². The van der Waals surface area contributed by atoms with E-state index in [1.54, 1.807) is 0 Å². The van der Waals surface area contributed by atoms with Crippen molar-refractivity contribution in [1.82, 2.24) is 15.6 Å². The molecule has 0 spiro atoms. The number of hydrogen-bond acceptors (Lipinski definition) is 4. The predicted octanol–water partition coefficient (Wildman–Crippen LogP) is 2.44. The Hall–Kier alpha value is -0.900. The fourth-order valence-electron chi connectivity index (χ4n) is 1.48. The normalized spacial score (nSPS) is 13.0.